The van der Waals surface area contributed by atoms with Crippen molar-refractivity contribution in [3.8, 4) is 11.3 Å². The molecule has 1 aliphatic rings. The second-order valence-corrected chi connectivity index (χ2v) is 8.57. The van der Waals surface area contributed by atoms with Crippen LogP contribution >= 0.6 is 0 Å². The second kappa shape index (κ2) is 10.6. The second-order valence-electron chi connectivity index (χ2n) is 8.57. The van der Waals surface area contributed by atoms with Gasteiger partial charge in [0.2, 0.25) is 0 Å². The third kappa shape index (κ3) is 6.19. The number of unbranched alkanes of at least 4 members (excludes halogenated alkanes) is 1. The minimum Gasteiger partial charge on any atom is -0.256 e. The van der Waals surface area contributed by atoms with Crippen LogP contribution in [0.15, 0.2) is 42.6 Å². The molecule has 0 radical (unpaired) electrons. The first-order valence-electron chi connectivity index (χ1n) is 11.3. The first-order chi connectivity index (χ1) is 13.3. The maximum Gasteiger partial charge on any atom is 0.0702 e. The maximum absolute atomic E-state index is 4.64. The van der Waals surface area contributed by atoms with Gasteiger partial charge in [-0.15, -0.1) is 0 Å². The zero-order valence-corrected chi connectivity index (χ0v) is 17.4. The minimum atomic E-state index is 0.954. The molecule has 1 aliphatic carbocycles. The molecule has 0 aliphatic heterocycles. The molecule has 1 heteroatoms. The molecule has 0 spiro atoms. The van der Waals surface area contributed by atoms with E-state index in [1.807, 2.05) is 6.20 Å². The number of aromatic nitrogens is 1. The van der Waals surface area contributed by atoms with Gasteiger partial charge in [-0.3, -0.25) is 4.98 Å². The number of rotatable bonds is 9. The molecule has 1 aromatic carbocycles. The Balaban J connectivity index is 1.45. The van der Waals surface area contributed by atoms with Gasteiger partial charge in [0.25, 0.3) is 0 Å². The highest BCUT2D eigenvalue weighted by Crippen LogP contribution is 2.34. The van der Waals surface area contributed by atoms with E-state index in [0.29, 0.717) is 0 Å². The Morgan fingerprint density at radius 3 is 2.00 bits per heavy atom. The topological polar surface area (TPSA) is 12.9 Å². The fourth-order valence-electron chi connectivity index (χ4n) is 4.55. The fourth-order valence-corrected chi connectivity index (χ4v) is 4.55. The highest BCUT2D eigenvalue weighted by atomic mass is 14.7. The number of pyridine rings is 1. The van der Waals surface area contributed by atoms with Crippen molar-refractivity contribution in [2.45, 2.75) is 84.5 Å². The smallest absolute Gasteiger partial charge is 0.0702 e. The third-order valence-electron chi connectivity index (χ3n) is 6.39. The van der Waals surface area contributed by atoms with Crippen LogP contribution in [0.3, 0.4) is 0 Å². The van der Waals surface area contributed by atoms with Gasteiger partial charge < -0.3 is 0 Å². The molecule has 27 heavy (non-hydrogen) atoms. The molecule has 0 N–H and O–H groups in total. The fraction of sp³-hybridized carbons (Fsp3) is 0.577. The average Bonchev–Trinajstić information content (AvgIpc) is 2.73. The van der Waals surface area contributed by atoms with Crippen LogP contribution in [0.2, 0.25) is 0 Å². The molecule has 1 aromatic heterocycles. The van der Waals surface area contributed by atoms with E-state index in [9.17, 15) is 0 Å². The number of hydrogen-bond donors (Lipinski definition) is 0. The Kier molecular flexibility index (Phi) is 7.93. The van der Waals surface area contributed by atoms with Crippen molar-refractivity contribution in [1.29, 1.82) is 0 Å². The molecular weight excluding hydrogens is 326 g/mol. The Bertz CT molecular complexity index is 648. The van der Waals surface area contributed by atoms with Crippen molar-refractivity contribution in [2.75, 3.05) is 0 Å². The average molecular weight is 364 g/mol. The van der Waals surface area contributed by atoms with E-state index in [2.05, 4.69) is 55.2 Å². The number of aryl methyl sites for hydroxylation is 2. The SMILES string of the molecule is CCCCC1CCC(CCc2ccc(-c3ccc(CCC)cn3)cc2)CC1. The molecule has 2 aromatic rings. The van der Waals surface area contributed by atoms with Gasteiger partial charge in [0.05, 0.1) is 5.69 Å². The van der Waals surface area contributed by atoms with E-state index < -0.39 is 0 Å². The number of hydrogen-bond acceptors (Lipinski definition) is 1. The Labute approximate surface area is 166 Å². The van der Waals surface area contributed by atoms with E-state index in [0.717, 1.165) is 24.0 Å². The number of benzene rings is 1. The van der Waals surface area contributed by atoms with Crippen molar-refractivity contribution in [3.63, 3.8) is 0 Å². The van der Waals surface area contributed by atoms with Crippen LogP contribution in [-0.4, -0.2) is 4.98 Å². The van der Waals surface area contributed by atoms with E-state index >= 15 is 0 Å². The summed E-state index contributed by atoms with van der Waals surface area (Å²) < 4.78 is 0. The molecule has 1 heterocycles. The van der Waals surface area contributed by atoms with Crippen molar-refractivity contribution in [2.24, 2.45) is 11.8 Å². The Morgan fingerprint density at radius 2 is 1.41 bits per heavy atom. The van der Waals surface area contributed by atoms with E-state index in [-0.39, 0.29) is 0 Å². The number of nitrogens with zero attached hydrogens (tertiary/aromatic N) is 1. The Hall–Kier alpha value is -1.63. The van der Waals surface area contributed by atoms with Gasteiger partial charge in [-0.05, 0) is 48.3 Å². The summed E-state index contributed by atoms with van der Waals surface area (Å²) >= 11 is 0. The Morgan fingerprint density at radius 1 is 0.741 bits per heavy atom. The van der Waals surface area contributed by atoms with Gasteiger partial charge >= 0.3 is 0 Å². The predicted octanol–water partition coefficient (Wildman–Crippen LogP) is 7.63. The molecule has 0 amide bonds. The van der Waals surface area contributed by atoms with Crippen molar-refractivity contribution in [3.05, 3.63) is 53.7 Å². The van der Waals surface area contributed by atoms with Gasteiger partial charge in [0, 0.05) is 11.8 Å². The summed E-state index contributed by atoms with van der Waals surface area (Å²) in [6.45, 7) is 4.53. The van der Waals surface area contributed by atoms with Crippen LogP contribution < -0.4 is 0 Å². The highest BCUT2D eigenvalue weighted by molar-refractivity contribution is 5.59. The van der Waals surface area contributed by atoms with E-state index in [4.69, 9.17) is 0 Å². The quantitative estimate of drug-likeness (QED) is 0.446. The van der Waals surface area contributed by atoms with Gasteiger partial charge in [-0.25, -0.2) is 0 Å². The van der Waals surface area contributed by atoms with Crippen molar-refractivity contribution < 1.29 is 0 Å². The van der Waals surface area contributed by atoms with Crippen molar-refractivity contribution >= 4 is 0 Å². The summed E-state index contributed by atoms with van der Waals surface area (Å²) in [7, 11) is 0. The minimum absolute atomic E-state index is 0.954. The largest absolute Gasteiger partial charge is 0.256 e. The first-order valence-corrected chi connectivity index (χ1v) is 11.3. The molecule has 1 fully saturated rings. The molecule has 1 nitrogen and oxygen atoms in total. The van der Waals surface area contributed by atoms with E-state index in [1.54, 1.807) is 0 Å². The predicted molar refractivity (Wildman–Crippen MR) is 117 cm³/mol. The molecule has 0 unspecified atom stereocenters. The normalized spacial score (nSPS) is 19.9. The van der Waals surface area contributed by atoms with Crippen LogP contribution in [0.25, 0.3) is 11.3 Å². The summed E-state index contributed by atoms with van der Waals surface area (Å²) in [5, 5.41) is 0. The lowest BCUT2D eigenvalue weighted by atomic mass is 9.78. The van der Waals surface area contributed by atoms with Crippen LogP contribution in [-0.2, 0) is 12.8 Å². The monoisotopic (exact) mass is 363 g/mol. The third-order valence-corrected chi connectivity index (χ3v) is 6.39. The van der Waals surface area contributed by atoms with Crippen LogP contribution in [0.4, 0.5) is 0 Å². The van der Waals surface area contributed by atoms with Crippen LogP contribution in [0, 0.1) is 11.8 Å². The summed E-state index contributed by atoms with van der Waals surface area (Å²) in [4.78, 5) is 4.64. The molecule has 0 saturated heterocycles. The maximum atomic E-state index is 4.64. The van der Waals surface area contributed by atoms with Gasteiger partial charge in [0.15, 0.2) is 0 Å². The molecule has 0 atom stereocenters. The molecular formula is C26H37N. The zero-order valence-electron chi connectivity index (χ0n) is 17.4. The standard InChI is InChI=1S/C26H37N/c1-3-5-7-21-8-10-22(11-9-21)12-13-23-14-17-25(18-15-23)26-19-16-24(6-4-2)20-27-26/h14-22H,3-13H2,1-2H3. The van der Waals surface area contributed by atoms with Crippen LogP contribution in [0.5, 0.6) is 0 Å². The van der Waals surface area contributed by atoms with Crippen molar-refractivity contribution in [1.82, 2.24) is 4.98 Å². The lowest BCUT2D eigenvalue weighted by molar-refractivity contribution is 0.250. The molecule has 3 rings (SSSR count). The lowest BCUT2D eigenvalue weighted by Gasteiger charge is -2.28. The van der Waals surface area contributed by atoms with Gasteiger partial charge in [-0.1, -0.05) is 95.5 Å². The summed E-state index contributed by atoms with van der Waals surface area (Å²) in [6.07, 6.45) is 17.0. The molecule has 1 saturated carbocycles. The highest BCUT2D eigenvalue weighted by Gasteiger charge is 2.20. The van der Waals surface area contributed by atoms with Gasteiger partial charge in [0.1, 0.15) is 0 Å². The van der Waals surface area contributed by atoms with E-state index in [1.165, 1.54) is 80.9 Å². The van der Waals surface area contributed by atoms with Crippen LogP contribution in [0.1, 0.15) is 82.8 Å². The first kappa shape index (κ1) is 20.1. The lowest BCUT2D eigenvalue weighted by Crippen LogP contribution is -2.15. The molecule has 146 valence electrons. The summed E-state index contributed by atoms with van der Waals surface area (Å²) in [5.74, 6) is 1.98. The summed E-state index contributed by atoms with van der Waals surface area (Å²) in [5.41, 5.74) is 5.14. The summed E-state index contributed by atoms with van der Waals surface area (Å²) in [6, 6.07) is 13.5. The van der Waals surface area contributed by atoms with Gasteiger partial charge in [-0.2, -0.15) is 0 Å². The molecule has 0 bridgehead atoms. The zero-order chi connectivity index (χ0) is 18.9.